The second-order valence-corrected chi connectivity index (χ2v) is 6.32. The van der Waals surface area contributed by atoms with E-state index in [0.717, 1.165) is 18.5 Å². The topological polar surface area (TPSA) is 42.0 Å². The summed E-state index contributed by atoms with van der Waals surface area (Å²) in [7, 11) is 0. The molecule has 1 heterocycles. The number of carbonyl (C=O) groups excluding carboxylic acids is 1. The van der Waals surface area contributed by atoms with Gasteiger partial charge in [0.15, 0.2) is 5.13 Å². The van der Waals surface area contributed by atoms with Crippen LogP contribution in [0.5, 0.6) is 0 Å². The number of carbonyl (C=O) groups is 1. The summed E-state index contributed by atoms with van der Waals surface area (Å²) in [5.41, 5.74) is 5.83. The summed E-state index contributed by atoms with van der Waals surface area (Å²) in [6.45, 7) is 8.39. The maximum absolute atomic E-state index is 11.8. The van der Waals surface area contributed by atoms with Crippen molar-refractivity contribution in [2.75, 3.05) is 5.32 Å². The zero-order chi connectivity index (χ0) is 15.4. The molecule has 2 rings (SSSR count). The van der Waals surface area contributed by atoms with Crippen LogP contribution in [0.4, 0.5) is 5.13 Å². The zero-order valence-corrected chi connectivity index (χ0v) is 13.9. The van der Waals surface area contributed by atoms with Crippen molar-refractivity contribution in [1.82, 2.24) is 4.98 Å². The van der Waals surface area contributed by atoms with E-state index < -0.39 is 0 Å². The van der Waals surface area contributed by atoms with Gasteiger partial charge in [-0.15, -0.1) is 11.3 Å². The fraction of sp³-hybridized carbons (Fsp3) is 0.412. The lowest BCUT2D eigenvalue weighted by Crippen LogP contribution is -2.10. The first kappa shape index (κ1) is 15.7. The first-order valence-electron chi connectivity index (χ1n) is 7.35. The number of benzene rings is 1. The average molecular weight is 302 g/mol. The van der Waals surface area contributed by atoms with Gasteiger partial charge in [0.1, 0.15) is 0 Å². The van der Waals surface area contributed by atoms with E-state index >= 15 is 0 Å². The highest BCUT2D eigenvalue weighted by molar-refractivity contribution is 7.14. The number of aromatic nitrogens is 1. The minimum absolute atomic E-state index is 0.0510. The molecule has 1 aromatic carbocycles. The molecule has 0 aliphatic carbocycles. The SMILES string of the molecule is CCCCC(=O)Nc1nc(-c2c(C)cc(C)cc2C)cs1. The lowest BCUT2D eigenvalue weighted by atomic mass is 9.98. The minimum Gasteiger partial charge on any atom is -0.302 e. The van der Waals surface area contributed by atoms with Gasteiger partial charge in [-0.05, 0) is 38.3 Å². The van der Waals surface area contributed by atoms with Crippen LogP contribution in [0.1, 0.15) is 42.9 Å². The van der Waals surface area contributed by atoms with Crippen molar-refractivity contribution in [3.63, 3.8) is 0 Å². The molecule has 21 heavy (non-hydrogen) atoms. The Balaban J connectivity index is 2.19. The molecule has 0 aliphatic heterocycles. The highest BCUT2D eigenvalue weighted by atomic mass is 32.1. The molecule has 1 N–H and O–H groups in total. The van der Waals surface area contributed by atoms with Crippen molar-refractivity contribution >= 4 is 22.4 Å². The normalized spacial score (nSPS) is 10.7. The number of unbranched alkanes of at least 4 members (excludes halogenated alkanes) is 1. The third-order valence-electron chi connectivity index (χ3n) is 3.44. The number of hydrogen-bond donors (Lipinski definition) is 1. The first-order valence-corrected chi connectivity index (χ1v) is 8.22. The number of anilines is 1. The van der Waals surface area contributed by atoms with E-state index in [4.69, 9.17) is 0 Å². The Morgan fingerprint density at radius 2 is 1.90 bits per heavy atom. The van der Waals surface area contributed by atoms with Crippen LogP contribution in [0, 0.1) is 20.8 Å². The van der Waals surface area contributed by atoms with Gasteiger partial charge in [-0.1, -0.05) is 31.0 Å². The van der Waals surface area contributed by atoms with Gasteiger partial charge in [-0.25, -0.2) is 4.98 Å². The number of thiazole rings is 1. The van der Waals surface area contributed by atoms with Crippen LogP contribution in [0.2, 0.25) is 0 Å². The number of hydrogen-bond acceptors (Lipinski definition) is 3. The number of amides is 1. The van der Waals surface area contributed by atoms with Crippen LogP contribution in [-0.4, -0.2) is 10.9 Å². The molecule has 1 aromatic heterocycles. The second-order valence-electron chi connectivity index (χ2n) is 5.46. The van der Waals surface area contributed by atoms with Gasteiger partial charge in [-0.3, -0.25) is 4.79 Å². The molecule has 0 unspecified atom stereocenters. The molecule has 4 heteroatoms. The van der Waals surface area contributed by atoms with E-state index in [0.29, 0.717) is 11.6 Å². The van der Waals surface area contributed by atoms with E-state index in [1.54, 1.807) is 0 Å². The van der Waals surface area contributed by atoms with Gasteiger partial charge >= 0.3 is 0 Å². The molecular formula is C17H22N2OS. The number of nitrogens with one attached hydrogen (secondary N) is 1. The summed E-state index contributed by atoms with van der Waals surface area (Å²) >= 11 is 1.48. The van der Waals surface area contributed by atoms with E-state index in [-0.39, 0.29) is 5.91 Å². The molecule has 0 atom stereocenters. The molecule has 0 bridgehead atoms. The maximum Gasteiger partial charge on any atom is 0.226 e. The molecular weight excluding hydrogens is 280 g/mol. The fourth-order valence-electron chi connectivity index (χ4n) is 2.55. The standard InChI is InChI=1S/C17H22N2OS/c1-5-6-7-15(20)19-17-18-14(10-21-17)16-12(3)8-11(2)9-13(16)4/h8-10H,5-7H2,1-4H3,(H,18,19,20). The van der Waals surface area contributed by atoms with Crippen LogP contribution < -0.4 is 5.32 Å². The molecule has 1 amide bonds. The third-order valence-corrected chi connectivity index (χ3v) is 4.20. The Kier molecular flexibility index (Phi) is 5.12. The second kappa shape index (κ2) is 6.85. The fourth-order valence-corrected chi connectivity index (χ4v) is 3.27. The average Bonchev–Trinajstić information content (AvgIpc) is 2.83. The Bertz CT molecular complexity index is 623. The molecule has 2 aromatic rings. The number of aryl methyl sites for hydroxylation is 3. The molecule has 0 spiro atoms. The van der Waals surface area contributed by atoms with E-state index in [1.165, 1.54) is 33.6 Å². The number of rotatable bonds is 5. The lowest BCUT2D eigenvalue weighted by molar-refractivity contribution is -0.116. The van der Waals surface area contributed by atoms with Crippen molar-refractivity contribution in [3.05, 3.63) is 34.2 Å². The summed E-state index contributed by atoms with van der Waals surface area (Å²) < 4.78 is 0. The Morgan fingerprint density at radius 3 is 2.52 bits per heavy atom. The highest BCUT2D eigenvalue weighted by Gasteiger charge is 2.12. The third kappa shape index (κ3) is 3.91. The molecule has 0 fully saturated rings. The summed E-state index contributed by atoms with van der Waals surface area (Å²) in [6.07, 6.45) is 2.51. The molecule has 0 radical (unpaired) electrons. The monoisotopic (exact) mass is 302 g/mol. The van der Waals surface area contributed by atoms with E-state index in [2.05, 4.69) is 50.1 Å². The van der Waals surface area contributed by atoms with Gasteiger partial charge in [0.25, 0.3) is 0 Å². The van der Waals surface area contributed by atoms with Gasteiger partial charge in [0.2, 0.25) is 5.91 Å². The van der Waals surface area contributed by atoms with Gasteiger partial charge in [-0.2, -0.15) is 0 Å². The molecule has 3 nitrogen and oxygen atoms in total. The van der Waals surface area contributed by atoms with Crippen LogP contribution in [0.3, 0.4) is 0 Å². The van der Waals surface area contributed by atoms with Crippen molar-refractivity contribution < 1.29 is 4.79 Å². The van der Waals surface area contributed by atoms with Crippen molar-refractivity contribution in [2.45, 2.75) is 47.0 Å². The van der Waals surface area contributed by atoms with Crippen molar-refractivity contribution in [1.29, 1.82) is 0 Å². The van der Waals surface area contributed by atoms with Crippen LogP contribution in [0.15, 0.2) is 17.5 Å². The van der Waals surface area contributed by atoms with Gasteiger partial charge < -0.3 is 5.32 Å². The van der Waals surface area contributed by atoms with Gasteiger partial charge in [0.05, 0.1) is 5.69 Å². The summed E-state index contributed by atoms with van der Waals surface area (Å²) in [6, 6.07) is 4.34. The van der Waals surface area contributed by atoms with Crippen LogP contribution >= 0.6 is 11.3 Å². The Hall–Kier alpha value is -1.68. The molecule has 0 saturated heterocycles. The van der Waals surface area contributed by atoms with E-state index in [1.807, 2.05) is 5.38 Å². The maximum atomic E-state index is 11.8. The Morgan fingerprint density at radius 1 is 1.24 bits per heavy atom. The molecule has 0 aliphatic rings. The first-order chi connectivity index (χ1) is 10.0. The molecule has 0 saturated carbocycles. The van der Waals surface area contributed by atoms with Crippen LogP contribution in [0.25, 0.3) is 11.3 Å². The predicted octanol–water partition coefficient (Wildman–Crippen LogP) is 4.86. The lowest BCUT2D eigenvalue weighted by Gasteiger charge is -2.08. The molecule has 112 valence electrons. The Labute approximate surface area is 130 Å². The van der Waals surface area contributed by atoms with Crippen molar-refractivity contribution in [2.24, 2.45) is 0 Å². The van der Waals surface area contributed by atoms with Gasteiger partial charge in [0, 0.05) is 17.4 Å². The predicted molar refractivity (Wildman–Crippen MR) is 89.9 cm³/mol. The summed E-state index contributed by atoms with van der Waals surface area (Å²) in [5, 5.41) is 5.59. The zero-order valence-electron chi connectivity index (χ0n) is 13.1. The largest absolute Gasteiger partial charge is 0.302 e. The minimum atomic E-state index is 0.0510. The summed E-state index contributed by atoms with van der Waals surface area (Å²) in [4.78, 5) is 16.3. The van der Waals surface area contributed by atoms with Crippen LogP contribution in [-0.2, 0) is 4.79 Å². The van der Waals surface area contributed by atoms with Crippen molar-refractivity contribution in [3.8, 4) is 11.3 Å². The summed E-state index contributed by atoms with van der Waals surface area (Å²) in [5.74, 6) is 0.0510. The van der Waals surface area contributed by atoms with E-state index in [9.17, 15) is 4.79 Å². The highest BCUT2D eigenvalue weighted by Crippen LogP contribution is 2.31. The smallest absolute Gasteiger partial charge is 0.226 e. The number of nitrogens with zero attached hydrogens (tertiary/aromatic N) is 1. The quantitative estimate of drug-likeness (QED) is 0.856.